The molecule has 1 aromatic carbocycles. The Morgan fingerprint density at radius 2 is 2.11 bits per heavy atom. The molecular formula is C14H20BrNO2. The minimum Gasteiger partial charge on any atom is -0.464 e. The Kier molecular flexibility index (Phi) is 5.20. The van der Waals surface area contributed by atoms with E-state index in [2.05, 4.69) is 21.2 Å². The Morgan fingerprint density at radius 1 is 1.44 bits per heavy atom. The fourth-order valence-electron chi connectivity index (χ4n) is 1.60. The van der Waals surface area contributed by atoms with E-state index in [1.165, 1.54) is 0 Å². The SMILES string of the molecule is CCOC(=O)C(Nc1cccc(Br)c1)C(C)(C)C. The van der Waals surface area contributed by atoms with Crippen LogP contribution in [0.3, 0.4) is 0 Å². The van der Waals surface area contributed by atoms with Gasteiger partial charge in [0.05, 0.1) is 6.61 Å². The number of carbonyl (C=O) groups excluding carboxylic acids is 1. The average Bonchev–Trinajstić information content (AvgIpc) is 2.24. The van der Waals surface area contributed by atoms with Crippen molar-refractivity contribution in [3.05, 3.63) is 28.7 Å². The summed E-state index contributed by atoms with van der Waals surface area (Å²) in [5.41, 5.74) is 0.687. The molecule has 1 unspecified atom stereocenters. The van der Waals surface area contributed by atoms with Crippen LogP contribution in [0.15, 0.2) is 28.7 Å². The second kappa shape index (κ2) is 6.23. The van der Waals surface area contributed by atoms with E-state index in [-0.39, 0.29) is 17.4 Å². The van der Waals surface area contributed by atoms with Gasteiger partial charge in [-0.25, -0.2) is 4.79 Å². The van der Waals surface area contributed by atoms with Gasteiger partial charge < -0.3 is 10.1 Å². The molecule has 1 aromatic rings. The summed E-state index contributed by atoms with van der Waals surface area (Å²) in [6.45, 7) is 8.25. The van der Waals surface area contributed by atoms with Crippen LogP contribution < -0.4 is 5.32 Å². The van der Waals surface area contributed by atoms with Gasteiger partial charge in [0.25, 0.3) is 0 Å². The van der Waals surface area contributed by atoms with Gasteiger partial charge in [0, 0.05) is 10.2 Å². The Balaban J connectivity index is 2.89. The maximum Gasteiger partial charge on any atom is 0.329 e. The lowest BCUT2D eigenvalue weighted by molar-refractivity contribution is -0.146. The molecule has 1 atom stereocenters. The van der Waals surface area contributed by atoms with Crippen molar-refractivity contribution in [1.82, 2.24) is 0 Å². The van der Waals surface area contributed by atoms with Crippen LogP contribution in [0.2, 0.25) is 0 Å². The number of hydrogen-bond donors (Lipinski definition) is 1. The molecule has 0 spiro atoms. The minimum absolute atomic E-state index is 0.214. The topological polar surface area (TPSA) is 38.3 Å². The predicted molar refractivity (Wildman–Crippen MR) is 77.6 cm³/mol. The molecule has 0 saturated carbocycles. The summed E-state index contributed by atoms with van der Waals surface area (Å²) < 4.78 is 6.10. The largest absolute Gasteiger partial charge is 0.464 e. The van der Waals surface area contributed by atoms with Crippen molar-refractivity contribution in [2.24, 2.45) is 5.41 Å². The number of ether oxygens (including phenoxy) is 1. The van der Waals surface area contributed by atoms with Gasteiger partial charge in [-0.1, -0.05) is 42.8 Å². The van der Waals surface area contributed by atoms with Crippen molar-refractivity contribution >= 4 is 27.6 Å². The van der Waals surface area contributed by atoms with Crippen molar-refractivity contribution in [2.45, 2.75) is 33.7 Å². The molecule has 0 amide bonds. The number of carbonyl (C=O) groups is 1. The summed E-state index contributed by atoms with van der Waals surface area (Å²) in [6.07, 6.45) is 0. The summed E-state index contributed by atoms with van der Waals surface area (Å²) >= 11 is 3.41. The molecule has 1 N–H and O–H groups in total. The molecule has 0 aliphatic carbocycles. The van der Waals surface area contributed by atoms with E-state index >= 15 is 0 Å². The maximum atomic E-state index is 12.0. The van der Waals surface area contributed by atoms with E-state index in [1.807, 2.05) is 52.0 Å². The van der Waals surface area contributed by atoms with Gasteiger partial charge in [-0.15, -0.1) is 0 Å². The van der Waals surface area contributed by atoms with Gasteiger partial charge in [-0.05, 0) is 30.5 Å². The highest BCUT2D eigenvalue weighted by atomic mass is 79.9. The zero-order valence-electron chi connectivity index (χ0n) is 11.3. The molecule has 0 aromatic heterocycles. The van der Waals surface area contributed by atoms with E-state index in [9.17, 15) is 4.79 Å². The Labute approximate surface area is 117 Å². The lowest BCUT2D eigenvalue weighted by Gasteiger charge is -2.30. The molecule has 3 nitrogen and oxygen atoms in total. The summed E-state index contributed by atoms with van der Waals surface area (Å²) in [6, 6.07) is 7.38. The standard InChI is InChI=1S/C14H20BrNO2/c1-5-18-13(17)12(14(2,3)4)16-11-8-6-7-10(15)9-11/h6-9,12,16H,5H2,1-4H3. The van der Waals surface area contributed by atoms with E-state index < -0.39 is 0 Å². The zero-order chi connectivity index (χ0) is 13.8. The second-order valence-corrected chi connectivity index (χ2v) is 6.12. The number of anilines is 1. The van der Waals surface area contributed by atoms with Crippen LogP contribution in [0.5, 0.6) is 0 Å². The van der Waals surface area contributed by atoms with Crippen molar-refractivity contribution in [1.29, 1.82) is 0 Å². The van der Waals surface area contributed by atoms with Crippen LogP contribution in [0.1, 0.15) is 27.7 Å². The normalized spacial score (nSPS) is 12.9. The van der Waals surface area contributed by atoms with Crippen LogP contribution in [0.4, 0.5) is 5.69 Å². The van der Waals surface area contributed by atoms with E-state index in [0.717, 1.165) is 10.2 Å². The van der Waals surface area contributed by atoms with Gasteiger partial charge in [0.1, 0.15) is 6.04 Å². The van der Waals surface area contributed by atoms with Crippen molar-refractivity contribution in [2.75, 3.05) is 11.9 Å². The summed E-state index contributed by atoms with van der Waals surface area (Å²) in [4.78, 5) is 12.0. The molecule has 0 aliphatic rings. The Bertz CT molecular complexity index is 413. The van der Waals surface area contributed by atoms with E-state index in [0.29, 0.717) is 6.61 Å². The number of esters is 1. The first kappa shape index (κ1) is 15.0. The number of rotatable bonds is 4. The first-order chi connectivity index (χ1) is 8.34. The molecule has 0 saturated heterocycles. The van der Waals surface area contributed by atoms with Gasteiger partial charge in [0.15, 0.2) is 0 Å². The first-order valence-electron chi connectivity index (χ1n) is 6.03. The lowest BCUT2D eigenvalue weighted by Crippen LogP contribution is -2.42. The maximum absolute atomic E-state index is 12.0. The van der Waals surface area contributed by atoms with Gasteiger partial charge in [0.2, 0.25) is 0 Å². The highest BCUT2D eigenvalue weighted by molar-refractivity contribution is 9.10. The van der Waals surface area contributed by atoms with Crippen LogP contribution >= 0.6 is 15.9 Å². The highest BCUT2D eigenvalue weighted by Crippen LogP contribution is 2.25. The van der Waals surface area contributed by atoms with Gasteiger partial charge >= 0.3 is 5.97 Å². The first-order valence-corrected chi connectivity index (χ1v) is 6.82. The van der Waals surface area contributed by atoms with Crippen LogP contribution in [0.25, 0.3) is 0 Å². The summed E-state index contributed by atoms with van der Waals surface area (Å²) in [5.74, 6) is -0.218. The lowest BCUT2D eigenvalue weighted by atomic mass is 9.86. The number of hydrogen-bond acceptors (Lipinski definition) is 3. The smallest absolute Gasteiger partial charge is 0.329 e. The van der Waals surface area contributed by atoms with Gasteiger partial charge in [-0.3, -0.25) is 0 Å². The van der Waals surface area contributed by atoms with Crippen LogP contribution in [0, 0.1) is 5.41 Å². The van der Waals surface area contributed by atoms with Gasteiger partial charge in [-0.2, -0.15) is 0 Å². The summed E-state index contributed by atoms with van der Waals surface area (Å²) in [5, 5.41) is 3.24. The van der Waals surface area contributed by atoms with E-state index in [1.54, 1.807) is 0 Å². The van der Waals surface area contributed by atoms with Crippen LogP contribution in [-0.4, -0.2) is 18.6 Å². The monoisotopic (exact) mass is 313 g/mol. The molecule has 0 fully saturated rings. The fraction of sp³-hybridized carbons (Fsp3) is 0.500. The fourth-order valence-corrected chi connectivity index (χ4v) is 2.00. The van der Waals surface area contributed by atoms with Crippen LogP contribution in [-0.2, 0) is 9.53 Å². The summed E-state index contributed by atoms with van der Waals surface area (Å²) in [7, 11) is 0. The van der Waals surface area contributed by atoms with Crippen molar-refractivity contribution < 1.29 is 9.53 Å². The molecule has 4 heteroatoms. The molecule has 0 radical (unpaired) electrons. The zero-order valence-corrected chi connectivity index (χ0v) is 12.9. The quantitative estimate of drug-likeness (QED) is 0.858. The third-order valence-electron chi connectivity index (χ3n) is 2.52. The Hall–Kier alpha value is -1.03. The number of benzene rings is 1. The number of halogens is 1. The predicted octanol–water partition coefficient (Wildman–Crippen LogP) is 3.84. The molecule has 0 aliphatic heterocycles. The third kappa shape index (κ3) is 4.33. The number of nitrogens with one attached hydrogen (secondary N) is 1. The molecule has 18 heavy (non-hydrogen) atoms. The molecular weight excluding hydrogens is 294 g/mol. The van der Waals surface area contributed by atoms with Crippen molar-refractivity contribution in [3.63, 3.8) is 0 Å². The average molecular weight is 314 g/mol. The Morgan fingerprint density at radius 3 is 2.61 bits per heavy atom. The van der Waals surface area contributed by atoms with Crippen molar-refractivity contribution in [3.8, 4) is 0 Å². The second-order valence-electron chi connectivity index (χ2n) is 5.21. The highest BCUT2D eigenvalue weighted by Gasteiger charge is 2.32. The molecule has 0 heterocycles. The minimum atomic E-state index is -0.369. The van der Waals surface area contributed by atoms with E-state index in [4.69, 9.17) is 4.74 Å². The molecule has 0 bridgehead atoms. The third-order valence-corrected chi connectivity index (χ3v) is 3.02. The molecule has 1 rings (SSSR count). The molecule has 100 valence electrons.